The highest BCUT2D eigenvalue weighted by molar-refractivity contribution is 5.94. The minimum absolute atomic E-state index is 0.0186. The molecule has 29 heavy (non-hydrogen) atoms. The third kappa shape index (κ3) is 5.05. The Morgan fingerprint density at radius 3 is 1.93 bits per heavy atom. The van der Waals surface area contributed by atoms with Gasteiger partial charge in [-0.2, -0.15) is 0 Å². The molecule has 6 nitrogen and oxygen atoms in total. The molecule has 3 heterocycles. The minimum Gasteiger partial charge on any atom is -0.355 e. The largest absolute Gasteiger partial charge is 0.355 e. The molecule has 2 aliphatic rings. The van der Waals surface area contributed by atoms with Crippen LogP contribution in [0.25, 0.3) is 0 Å². The summed E-state index contributed by atoms with van der Waals surface area (Å²) in [5.41, 5.74) is 1.89. The van der Waals surface area contributed by atoms with Gasteiger partial charge in [-0.3, -0.25) is 4.79 Å². The maximum Gasteiger partial charge on any atom is 0.251 e. The van der Waals surface area contributed by atoms with Crippen molar-refractivity contribution in [2.45, 2.75) is 51.5 Å². The van der Waals surface area contributed by atoms with E-state index in [0.717, 1.165) is 61.8 Å². The van der Waals surface area contributed by atoms with Gasteiger partial charge in [-0.25, -0.2) is 0 Å². The lowest BCUT2D eigenvalue weighted by Crippen LogP contribution is -2.45. The van der Waals surface area contributed by atoms with Gasteiger partial charge in [0.1, 0.15) is 0 Å². The summed E-state index contributed by atoms with van der Waals surface area (Å²) in [4.78, 5) is 17.1. The highest BCUT2D eigenvalue weighted by Crippen LogP contribution is 2.21. The summed E-state index contributed by atoms with van der Waals surface area (Å²) in [6.07, 6.45) is 6.96. The van der Waals surface area contributed by atoms with Gasteiger partial charge in [0.25, 0.3) is 5.91 Å². The number of aryl methyl sites for hydroxylation is 1. The Morgan fingerprint density at radius 2 is 1.38 bits per heavy atom. The second-order valence-corrected chi connectivity index (χ2v) is 8.25. The van der Waals surface area contributed by atoms with E-state index >= 15 is 0 Å². The zero-order valence-corrected chi connectivity index (χ0v) is 17.3. The van der Waals surface area contributed by atoms with Crippen molar-refractivity contribution in [1.29, 1.82) is 0 Å². The number of hydrogen-bond donors (Lipinski definition) is 1. The van der Waals surface area contributed by atoms with Gasteiger partial charge in [0.15, 0.2) is 11.6 Å². The topological polar surface area (TPSA) is 61.4 Å². The lowest BCUT2D eigenvalue weighted by molar-refractivity contribution is 0.0931. The van der Waals surface area contributed by atoms with E-state index in [2.05, 4.69) is 37.4 Å². The van der Waals surface area contributed by atoms with Crippen LogP contribution in [0.5, 0.6) is 0 Å². The molecule has 4 rings (SSSR count). The average molecular weight is 394 g/mol. The number of aromatic nitrogens is 2. The molecule has 0 spiro atoms. The average Bonchev–Trinajstić information content (AvgIpc) is 3.04. The van der Waals surface area contributed by atoms with Gasteiger partial charge in [0.2, 0.25) is 0 Å². The second-order valence-electron chi connectivity index (χ2n) is 8.25. The quantitative estimate of drug-likeness (QED) is 0.861. The van der Waals surface area contributed by atoms with Crippen molar-refractivity contribution in [2.24, 2.45) is 0 Å². The molecule has 2 aliphatic heterocycles. The molecule has 2 saturated heterocycles. The molecule has 154 valence electrons. The number of carbonyl (C=O) groups is 1. The summed E-state index contributed by atoms with van der Waals surface area (Å²) >= 11 is 0. The molecule has 0 unspecified atom stereocenters. The summed E-state index contributed by atoms with van der Waals surface area (Å²) in [5, 5.41) is 12.2. The third-order valence-corrected chi connectivity index (χ3v) is 6.03. The predicted octanol–water partition coefficient (Wildman–Crippen LogP) is 3.56. The van der Waals surface area contributed by atoms with Gasteiger partial charge >= 0.3 is 0 Å². The number of benzene rings is 1. The molecular formula is C23H31N5O. The van der Waals surface area contributed by atoms with Crippen LogP contribution in [-0.2, 0) is 0 Å². The van der Waals surface area contributed by atoms with E-state index in [4.69, 9.17) is 0 Å². The highest BCUT2D eigenvalue weighted by Gasteiger charge is 2.22. The van der Waals surface area contributed by atoms with Crippen LogP contribution in [-0.4, -0.2) is 48.3 Å². The Balaban J connectivity index is 1.29. The van der Waals surface area contributed by atoms with Crippen LogP contribution in [0.4, 0.5) is 11.6 Å². The number of amides is 1. The van der Waals surface area contributed by atoms with Crippen LogP contribution in [0.3, 0.4) is 0 Å². The summed E-state index contributed by atoms with van der Waals surface area (Å²) < 4.78 is 0. The number of piperidine rings is 1. The molecule has 2 fully saturated rings. The van der Waals surface area contributed by atoms with Crippen LogP contribution >= 0.6 is 0 Å². The first-order valence-corrected chi connectivity index (χ1v) is 10.9. The number of anilines is 2. The van der Waals surface area contributed by atoms with Crippen molar-refractivity contribution in [3.63, 3.8) is 0 Å². The number of rotatable bonds is 4. The summed E-state index contributed by atoms with van der Waals surface area (Å²) in [6, 6.07) is 12.2. The SMILES string of the molecule is Cc1ccc(C(=O)NC2CCN(c3ccc(N4CCCCCC4)nn3)CC2)cc1. The van der Waals surface area contributed by atoms with E-state index in [1.165, 1.54) is 25.7 Å². The van der Waals surface area contributed by atoms with E-state index in [1.54, 1.807) is 0 Å². The fraction of sp³-hybridized carbons (Fsp3) is 0.522. The summed E-state index contributed by atoms with van der Waals surface area (Å²) in [5.74, 6) is 1.95. The van der Waals surface area contributed by atoms with E-state index < -0.39 is 0 Å². The number of hydrogen-bond acceptors (Lipinski definition) is 5. The Hall–Kier alpha value is -2.63. The molecule has 0 bridgehead atoms. The lowest BCUT2D eigenvalue weighted by atomic mass is 10.0. The van der Waals surface area contributed by atoms with E-state index in [0.29, 0.717) is 0 Å². The molecule has 1 aromatic heterocycles. The molecule has 0 saturated carbocycles. The summed E-state index contributed by atoms with van der Waals surface area (Å²) in [6.45, 7) is 5.97. The van der Waals surface area contributed by atoms with Gasteiger partial charge in [-0.05, 0) is 56.9 Å². The van der Waals surface area contributed by atoms with E-state index in [-0.39, 0.29) is 11.9 Å². The van der Waals surface area contributed by atoms with Gasteiger partial charge in [0.05, 0.1) is 0 Å². The molecule has 0 atom stereocenters. The zero-order chi connectivity index (χ0) is 20.1. The molecule has 0 aliphatic carbocycles. The lowest BCUT2D eigenvalue weighted by Gasteiger charge is -2.33. The first-order chi connectivity index (χ1) is 14.2. The number of nitrogens with one attached hydrogen (secondary N) is 1. The van der Waals surface area contributed by atoms with Gasteiger partial charge in [-0.15, -0.1) is 10.2 Å². The zero-order valence-electron chi connectivity index (χ0n) is 17.3. The fourth-order valence-electron chi connectivity index (χ4n) is 4.18. The molecule has 0 radical (unpaired) electrons. The smallest absolute Gasteiger partial charge is 0.251 e. The molecule has 2 aromatic rings. The van der Waals surface area contributed by atoms with Crippen molar-refractivity contribution in [3.8, 4) is 0 Å². The maximum absolute atomic E-state index is 12.4. The van der Waals surface area contributed by atoms with Crippen molar-refractivity contribution in [3.05, 3.63) is 47.5 Å². The Bertz CT molecular complexity index is 789. The van der Waals surface area contributed by atoms with Gasteiger partial charge in [0, 0.05) is 37.8 Å². The fourth-order valence-corrected chi connectivity index (χ4v) is 4.18. The van der Waals surface area contributed by atoms with Crippen LogP contribution in [0.2, 0.25) is 0 Å². The molecule has 1 N–H and O–H groups in total. The number of nitrogens with zero attached hydrogens (tertiary/aromatic N) is 4. The Labute approximate surface area is 173 Å². The second kappa shape index (κ2) is 9.25. The van der Waals surface area contributed by atoms with Gasteiger partial charge in [-0.1, -0.05) is 30.5 Å². The van der Waals surface area contributed by atoms with E-state index in [1.807, 2.05) is 31.2 Å². The Morgan fingerprint density at radius 1 is 0.828 bits per heavy atom. The Kier molecular flexibility index (Phi) is 6.27. The van der Waals surface area contributed by atoms with Crippen molar-refractivity contribution in [2.75, 3.05) is 36.0 Å². The van der Waals surface area contributed by atoms with Crippen LogP contribution in [0.15, 0.2) is 36.4 Å². The van der Waals surface area contributed by atoms with Crippen molar-refractivity contribution in [1.82, 2.24) is 15.5 Å². The van der Waals surface area contributed by atoms with Gasteiger partial charge < -0.3 is 15.1 Å². The van der Waals surface area contributed by atoms with Crippen LogP contribution in [0, 0.1) is 6.92 Å². The minimum atomic E-state index is 0.0186. The molecule has 6 heteroatoms. The normalized spacial score (nSPS) is 18.4. The molecule has 1 aromatic carbocycles. The number of carbonyl (C=O) groups excluding carboxylic acids is 1. The third-order valence-electron chi connectivity index (χ3n) is 6.03. The monoisotopic (exact) mass is 393 g/mol. The predicted molar refractivity (Wildman–Crippen MR) is 117 cm³/mol. The standard InChI is InChI=1S/C23H31N5O/c1-18-6-8-19(9-7-18)23(29)24-20-12-16-28(17-13-20)22-11-10-21(25-26-22)27-14-4-2-3-5-15-27/h6-11,20H,2-5,12-17H2,1H3,(H,24,29). The first kappa shape index (κ1) is 19.7. The van der Waals surface area contributed by atoms with Crippen molar-refractivity contribution >= 4 is 17.5 Å². The molecular weight excluding hydrogens is 362 g/mol. The van der Waals surface area contributed by atoms with Crippen LogP contribution in [0.1, 0.15) is 54.4 Å². The van der Waals surface area contributed by atoms with E-state index in [9.17, 15) is 4.79 Å². The van der Waals surface area contributed by atoms with Crippen LogP contribution < -0.4 is 15.1 Å². The van der Waals surface area contributed by atoms with Crippen molar-refractivity contribution < 1.29 is 4.79 Å². The first-order valence-electron chi connectivity index (χ1n) is 10.9. The maximum atomic E-state index is 12.4. The highest BCUT2D eigenvalue weighted by atomic mass is 16.1. The molecule has 1 amide bonds. The summed E-state index contributed by atoms with van der Waals surface area (Å²) in [7, 11) is 0.